The summed E-state index contributed by atoms with van der Waals surface area (Å²) < 4.78 is 23.7. The molecule has 1 heterocycles. The van der Waals surface area contributed by atoms with Crippen LogP contribution in [0.4, 0.5) is 11.4 Å². The van der Waals surface area contributed by atoms with Crippen LogP contribution in [0.15, 0.2) is 58.2 Å². The predicted octanol–water partition coefficient (Wildman–Crippen LogP) is 2.56. The molecule has 0 spiro atoms. The number of aromatic nitrogens is 2. The number of rotatable bonds is 6. The first-order valence-electron chi connectivity index (χ1n) is 9.08. The zero-order chi connectivity index (χ0) is 22.8. The first kappa shape index (κ1) is 21.8. The molecule has 0 saturated carbocycles. The van der Waals surface area contributed by atoms with Gasteiger partial charge in [-0.1, -0.05) is 19.1 Å². The Balaban J connectivity index is 1.96. The number of sulfone groups is 1. The number of nitrogens with one attached hydrogen (secondary N) is 2. The second kappa shape index (κ2) is 8.48. The van der Waals surface area contributed by atoms with Crippen LogP contribution in [0.1, 0.15) is 23.0 Å². The Morgan fingerprint density at radius 3 is 2.58 bits per heavy atom. The summed E-state index contributed by atoms with van der Waals surface area (Å²) in [5.74, 6) is -0.398. The van der Waals surface area contributed by atoms with Gasteiger partial charge in [-0.2, -0.15) is 0 Å². The lowest BCUT2D eigenvalue weighted by Gasteiger charge is -2.09. The number of nitro groups is 1. The van der Waals surface area contributed by atoms with Crippen LogP contribution in [0.25, 0.3) is 11.4 Å². The molecule has 0 aliphatic heterocycles. The summed E-state index contributed by atoms with van der Waals surface area (Å²) in [7, 11) is -3.77. The molecule has 11 heteroatoms. The molecule has 10 nitrogen and oxygen atoms in total. The molecule has 0 atom stereocenters. The zero-order valence-corrected chi connectivity index (χ0v) is 17.4. The summed E-state index contributed by atoms with van der Waals surface area (Å²) in [5.41, 5.74) is 0.485. The van der Waals surface area contributed by atoms with E-state index >= 15 is 0 Å². The van der Waals surface area contributed by atoms with Crippen LogP contribution < -0.4 is 10.9 Å². The normalized spacial score (nSPS) is 11.2. The van der Waals surface area contributed by atoms with Crippen molar-refractivity contribution in [2.45, 2.75) is 18.2 Å². The molecule has 3 aromatic rings. The topological polar surface area (TPSA) is 152 Å². The molecular weight excluding hydrogens is 424 g/mol. The number of anilines is 1. The van der Waals surface area contributed by atoms with Crippen molar-refractivity contribution in [2.24, 2.45) is 0 Å². The highest BCUT2D eigenvalue weighted by molar-refractivity contribution is 7.90. The molecule has 1 aromatic heterocycles. The Kier molecular flexibility index (Phi) is 5.97. The first-order chi connectivity index (χ1) is 14.6. The van der Waals surface area contributed by atoms with Crippen LogP contribution in [0.5, 0.6) is 0 Å². The number of aromatic amines is 1. The van der Waals surface area contributed by atoms with Crippen molar-refractivity contribution < 1.29 is 18.1 Å². The second-order valence-electron chi connectivity index (χ2n) is 6.72. The smallest absolute Gasteiger partial charge is 0.271 e. The van der Waals surface area contributed by atoms with Gasteiger partial charge in [-0.25, -0.2) is 13.4 Å². The fourth-order valence-corrected chi connectivity index (χ4v) is 3.48. The molecule has 0 unspecified atom stereocenters. The van der Waals surface area contributed by atoms with Crippen molar-refractivity contribution in [1.82, 2.24) is 9.97 Å². The molecule has 0 radical (unpaired) electrons. The van der Waals surface area contributed by atoms with Gasteiger partial charge in [-0.05, 0) is 24.6 Å². The number of carbonyl (C=O) groups excluding carboxylic acids is 1. The van der Waals surface area contributed by atoms with Crippen molar-refractivity contribution >= 4 is 27.1 Å². The molecule has 0 bridgehead atoms. The van der Waals surface area contributed by atoms with Crippen molar-refractivity contribution in [2.75, 3.05) is 11.6 Å². The highest BCUT2D eigenvalue weighted by Gasteiger charge is 2.19. The number of carbonyl (C=O) groups is 1. The highest BCUT2D eigenvalue weighted by atomic mass is 32.2. The number of H-pyrrole nitrogens is 1. The van der Waals surface area contributed by atoms with E-state index in [1.807, 2.05) is 6.92 Å². The highest BCUT2D eigenvalue weighted by Crippen LogP contribution is 2.23. The molecule has 2 N–H and O–H groups in total. The van der Waals surface area contributed by atoms with E-state index in [1.165, 1.54) is 6.07 Å². The van der Waals surface area contributed by atoms with Gasteiger partial charge in [0.2, 0.25) is 0 Å². The van der Waals surface area contributed by atoms with E-state index in [0.29, 0.717) is 29.2 Å². The molecule has 3 rings (SSSR count). The maximum atomic E-state index is 12.7. The third-order valence-corrected chi connectivity index (χ3v) is 5.44. The largest absolute Gasteiger partial charge is 0.322 e. The van der Waals surface area contributed by atoms with Gasteiger partial charge in [0.15, 0.2) is 9.84 Å². The fourth-order valence-electron chi connectivity index (χ4n) is 2.81. The molecule has 31 heavy (non-hydrogen) atoms. The van der Waals surface area contributed by atoms with E-state index in [1.54, 1.807) is 24.3 Å². The van der Waals surface area contributed by atoms with E-state index in [2.05, 4.69) is 15.3 Å². The van der Waals surface area contributed by atoms with Gasteiger partial charge in [-0.15, -0.1) is 0 Å². The maximum Gasteiger partial charge on any atom is 0.271 e. The van der Waals surface area contributed by atoms with Gasteiger partial charge in [-0.3, -0.25) is 19.7 Å². The number of aryl methyl sites for hydroxylation is 1. The van der Waals surface area contributed by atoms with Gasteiger partial charge in [0, 0.05) is 47.0 Å². The summed E-state index contributed by atoms with van der Waals surface area (Å²) in [4.78, 5) is 41.5. The standard InChI is InChI=1S/C20H18N4O6S/c1-3-14-10-18(25)23-19(21-14)12-5-4-6-15(7-12)22-20(26)13-8-16(24(27)28)11-17(9-13)31(2,29)30/h4-11H,3H2,1-2H3,(H,22,26)(H,21,23,25). The molecule has 0 aliphatic carbocycles. The first-order valence-corrected chi connectivity index (χ1v) is 11.0. The molecule has 0 saturated heterocycles. The molecule has 0 fully saturated rings. The van der Waals surface area contributed by atoms with Gasteiger partial charge >= 0.3 is 0 Å². The van der Waals surface area contributed by atoms with Gasteiger partial charge in [0.05, 0.1) is 9.82 Å². The summed E-state index contributed by atoms with van der Waals surface area (Å²) >= 11 is 0. The lowest BCUT2D eigenvalue weighted by Crippen LogP contribution is -2.14. The number of hydrogen-bond acceptors (Lipinski definition) is 7. The van der Waals surface area contributed by atoms with E-state index in [0.717, 1.165) is 24.5 Å². The Labute approximate surface area is 177 Å². The SMILES string of the molecule is CCc1cc(=O)[nH]c(-c2cccc(NC(=O)c3cc([N+](=O)[O-])cc(S(C)(=O)=O)c3)c2)n1. The molecule has 2 aromatic carbocycles. The minimum Gasteiger partial charge on any atom is -0.322 e. The number of hydrogen-bond donors (Lipinski definition) is 2. The van der Waals surface area contributed by atoms with Crippen LogP contribution >= 0.6 is 0 Å². The lowest BCUT2D eigenvalue weighted by atomic mass is 10.1. The molecule has 160 valence electrons. The summed E-state index contributed by atoms with van der Waals surface area (Å²) in [6, 6.07) is 10.9. The van der Waals surface area contributed by atoms with Crippen LogP contribution in [0.3, 0.4) is 0 Å². The Morgan fingerprint density at radius 1 is 1.19 bits per heavy atom. The lowest BCUT2D eigenvalue weighted by molar-refractivity contribution is -0.385. The summed E-state index contributed by atoms with van der Waals surface area (Å²) in [6.45, 7) is 1.87. The van der Waals surface area contributed by atoms with E-state index < -0.39 is 26.4 Å². The number of amides is 1. The minimum absolute atomic E-state index is 0.181. The zero-order valence-electron chi connectivity index (χ0n) is 16.6. The Hall–Kier alpha value is -3.86. The fraction of sp³-hybridized carbons (Fsp3) is 0.150. The monoisotopic (exact) mass is 442 g/mol. The molecule has 0 aliphatic rings. The summed E-state index contributed by atoms with van der Waals surface area (Å²) in [5, 5.41) is 13.7. The molecule has 1 amide bonds. The Bertz CT molecular complexity index is 1350. The van der Waals surface area contributed by atoms with E-state index in [4.69, 9.17) is 0 Å². The number of nitrogens with zero attached hydrogens (tertiary/aromatic N) is 2. The van der Waals surface area contributed by atoms with Crippen LogP contribution in [0, 0.1) is 10.1 Å². The molecular formula is C20H18N4O6S. The average molecular weight is 442 g/mol. The quantitative estimate of drug-likeness (QED) is 0.439. The van der Waals surface area contributed by atoms with E-state index in [9.17, 15) is 28.1 Å². The van der Waals surface area contributed by atoms with E-state index in [-0.39, 0.29) is 16.0 Å². The number of non-ortho nitro benzene ring substituents is 1. The van der Waals surface area contributed by atoms with Crippen LogP contribution in [-0.2, 0) is 16.3 Å². The van der Waals surface area contributed by atoms with Crippen LogP contribution in [-0.4, -0.2) is 35.5 Å². The average Bonchev–Trinajstić information content (AvgIpc) is 2.72. The van der Waals surface area contributed by atoms with Gasteiger partial charge in [0.25, 0.3) is 17.2 Å². The predicted molar refractivity (Wildman–Crippen MR) is 114 cm³/mol. The Morgan fingerprint density at radius 2 is 1.94 bits per heavy atom. The number of benzene rings is 2. The van der Waals surface area contributed by atoms with Crippen molar-refractivity contribution in [3.8, 4) is 11.4 Å². The van der Waals surface area contributed by atoms with Gasteiger partial charge in [0.1, 0.15) is 5.82 Å². The third-order valence-electron chi connectivity index (χ3n) is 4.34. The maximum absolute atomic E-state index is 12.7. The van der Waals surface area contributed by atoms with Gasteiger partial charge < -0.3 is 10.3 Å². The second-order valence-corrected chi connectivity index (χ2v) is 8.73. The third kappa shape index (κ3) is 5.20. The van der Waals surface area contributed by atoms with Crippen molar-refractivity contribution in [3.63, 3.8) is 0 Å². The van der Waals surface area contributed by atoms with Crippen LogP contribution in [0.2, 0.25) is 0 Å². The number of nitro benzene ring substituents is 1. The summed E-state index contributed by atoms with van der Waals surface area (Å²) in [6.07, 6.45) is 1.47. The minimum atomic E-state index is -3.77. The van der Waals surface area contributed by atoms with Crippen molar-refractivity contribution in [3.05, 3.63) is 80.3 Å². The van der Waals surface area contributed by atoms with Crippen molar-refractivity contribution in [1.29, 1.82) is 0 Å².